The standard InChI is InChI=1S/C23H22N6O3S/c30-22(26-18-2-1-5-24-14-18)21-19-11-15(3-4-20(19)27-28-21)16-10-17(13-25-12-16)23(31,32)29-6-8-33-9-7-29/h1-5,10-14,31-32H,6-9H2,(H,26,30)(H,27,28). The van der Waals surface area contributed by atoms with Crippen molar-refractivity contribution in [3.05, 3.63) is 72.4 Å². The van der Waals surface area contributed by atoms with Gasteiger partial charge in [-0.15, -0.1) is 0 Å². The minimum Gasteiger partial charge on any atom is -0.349 e. The molecular formula is C23H22N6O3S. The van der Waals surface area contributed by atoms with Crippen molar-refractivity contribution in [3.63, 3.8) is 0 Å². The Hall–Kier alpha value is -3.31. The number of H-pyrrole nitrogens is 1. The highest BCUT2D eigenvalue weighted by Crippen LogP contribution is 2.30. The quantitative estimate of drug-likeness (QED) is 0.333. The number of rotatable bonds is 5. The molecule has 0 radical (unpaired) electrons. The third kappa shape index (κ3) is 4.33. The number of benzene rings is 1. The molecule has 1 aromatic carbocycles. The van der Waals surface area contributed by atoms with Crippen molar-refractivity contribution in [1.82, 2.24) is 25.1 Å². The molecule has 10 heteroatoms. The average molecular weight is 463 g/mol. The highest BCUT2D eigenvalue weighted by molar-refractivity contribution is 7.99. The number of hydrogen-bond acceptors (Lipinski definition) is 8. The van der Waals surface area contributed by atoms with Crippen LogP contribution in [0.1, 0.15) is 16.1 Å². The molecule has 4 aromatic rings. The topological polar surface area (TPSA) is 127 Å². The van der Waals surface area contributed by atoms with Gasteiger partial charge in [-0.3, -0.25) is 19.9 Å². The van der Waals surface area contributed by atoms with Crippen LogP contribution in [0, 0.1) is 0 Å². The number of anilines is 1. The second-order valence-corrected chi connectivity index (χ2v) is 8.95. The summed E-state index contributed by atoms with van der Waals surface area (Å²) in [5.74, 6) is -0.766. The molecule has 1 amide bonds. The number of carbonyl (C=O) groups is 1. The van der Waals surface area contributed by atoms with Gasteiger partial charge in [-0.25, -0.2) is 4.90 Å². The predicted molar refractivity (Wildman–Crippen MR) is 127 cm³/mol. The lowest BCUT2D eigenvalue weighted by Crippen LogP contribution is -2.50. The smallest absolute Gasteiger partial charge is 0.276 e. The zero-order valence-electron chi connectivity index (χ0n) is 17.6. The fourth-order valence-corrected chi connectivity index (χ4v) is 4.74. The summed E-state index contributed by atoms with van der Waals surface area (Å²) in [4.78, 5) is 22.7. The van der Waals surface area contributed by atoms with E-state index in [1.807, 2.05) is 18.2 Å². The van der Waals surface area contributed by atoms with Gasteiger partial charge in [0.05, 0.1) is 17.4 Å². The van der Waals surface area contributed by atoms with E-state index in [1.165, 1.54) is 6.20 Å². The molecule has 33 heavy (non-hydrogen) atoms. The first-order chi connectivity index (χ1) is 16.0. The molecule has 3 aromatic heterocycles. The zero-order chi connectivity index (χ0) is 22.8. The van der Waals surface area contributed by atoms with Crippen molar-refractivity contribution in [1.29, 1.82) is 0 Å². The van der Waals surface area contributed by atoms with Crippen LogP contribution in [0.2, 0.25) is 0 Å². The fourth-order valence-electron chi connectivity index (χ4n) is 3.83. The minimum absolute atomic E-state index is 0.254. The monoisotopic (exact) mass is 462 g/mol. The number of aromatic nitrogens is 4. The number of aliphatic hydroxyl groups is 2. The number of hydrogen-bond donors (Lipinski definition) is 4. The molecule has 0 unspecified atom stereocenters. The normalized spacial score (nSPS) is 15.0. The molecule has 0 atom stereocenters. The Morgan fingerprint density at radius 3 is 2.70 bits per heavy atom. The van der Waals surface area contributed by atoms with Gasteiger partial charge in [0.25, 0.3) is 11.8 Å². The van der Waals surface area contributed by atoms with Crippen molar-refractivity contribution >= 4 is 34.3 Å². The maximum absolute atomic E-state index is 12.8. The molecule has 4 heterocycles. The van der Waals surface area contributed by atoms with Gasteiger partial charge in [-0.1, -0.05) is 6.07 Å². The lowest BCUT2D eigenvalue weighted by molar-refractivity contribution is -0.273. The number of amides is 1. The molecular weight excluding hydrogens is 440 g/mol. The first kappa shape index (κ1) is 21.5. The summed E-state index contributed by atoms with van der Waals surface area (Å²) in [5.41, 5.74) is 3.32. The van der Waals surface area contributed by atoms with E-state index in [0.717, 1.165) is 17.1 Å². The summed E-state index contributed by atoms with van der Waals surface area (Å²) >= 11 is 1.79. The average Bonchev–Trinajstić information content (AvgIpc) is 3.29. The van der Waals surface area contributed by atoms with Gasteiger partial charge in [0, 0.05) is 59.7 Å². The Labute approximate surface area is 193 Å². The summed E-state index contributed by atoms with van der Waals surface area (Å²) < 4.78 is 0. The molecule has 1 saturated heterocycles. The number of fused-ring (bicyclic) bond motifs is 1. The molecule has 0 aliphatic carbocycles. The van der Waals surface area contributed by atoms with Gasteiger partial charge < -0.3 is 15.5 Å². The van der Waals surface area contributed by atoms with E-state index < -0.39 is 5.91 Å². The van der Waals surface area contributed by atoms with Gasteiger partial charge in [0.1, 0.15) is 0 Å². The lowest BCUT2D eigenvalue weighted by Gasteiger charge is -2.37. The maximum Gasteiger partial charge on any atom is 0.276 e. The maximum atomic E-state index is 12.8. The zero-order valence-corrected chi connectivity index (χ0v) is 18.4. The summed E-state index contributed by atoms with van der Waals surface area (Å²) in [5, 5.41) is 32.2. The number of aromatic amines is 1. The lowest BCUT2D eigenvalue weighted by atomic mass is 10.0. The Morgan fingerprint density at radius 1 is 1.06 bits per heavy atom. The van der Waals surface area contributed by atoms with Crippen LogP contribution in [0.25, 0.3) is 22.0 Å². The van der Waals surface area contributed by atoms with E-state index in [0.29, 0.717) is 40.8 Å². The van der Waals surface area contributed by atoms with Crippen LogP contribution < -0.4 is 5.32 Å². The second-order valence-electron chi connectivity index (χ2n) is 7.73. The molecule has 0 bridgehead atoms. The molecule has 168 valence electrons. The van der Waals surface area contributed by atoms with Crippen LogP contribution in [-0.2, 0) is 5.91 Å². The van der Waals surface area contributed by atoms with Gasteiger partial charge in [-0.05, 0) is 35.9 Å². The Kier molecular flexibility index (Phi) is 5.81. The van der Waals surface area contributed by atoms with E-state index >= 15 is 0 Å². The molecule has 5 rings (SSSR count). The molecule has 0 saturated carbocycles. The van der Waals surface area contributed by atoms with Crippen LogP contribution in [0.15, 0.2) is 61.2 Å². The number of thioether (sulfide) groups is 1. The Bertz CT molecular complexity index is 1290. The molecule has 0 spiro atoms. The Morgan fingerprint density at radius 2 is 1.91 bits per heavy atom. The minimum atomic E-state index is -2.10. The molecule has 4 N–H and O–H groups in total. The number of nitrogens with zero attached hydrogens (tertiary/aromatic N) is 4. The first-order valence-corrected chi connectivity index (χ1v) is 11.6. The SMILES string of the molecule is O=C(Nc1cccnc1)c1n[nH]c2ccc(-c3cncc(C(O)(O)N4CCSCC4)c3)cc12. The third-order valence-corrected chi connectivity index (χ3v) is 6.55. The van der Waals surface area contributed by atoms with E-state index in [4.69, 9.17) is 0 Å². The van der Waals surface area contributed by atoms with Crippen LogP contribution in [0.3, 0.4) is 0 Å². The number of carbonyl (C=O) groups excluding carboxylic acids is 1. The van der Waals surface area contributed by atoms with E-state index in [2.05, 4.69) is 25.5 Å². The van der Waals surface area contributed by atoms with Crippen LogP contribution >= 0.6 is 11.8 Å². The summed E-state index contributed by atoms with van der Waals surface area (Å²) in [6.45, 7) is 1.16. The summed E-state index contributed by atoms with van der Waals surface area (Å²) in [6.07, 6.45) is 6.31. The predicted octanol–water partition coefficient (Wildman–Crippen LogP) is 2.42. The van der Waals surface area contributed by atoms with Gasteiger partial charge in [0.15, 0.2) is 5.69 Å². The van der Waals surface area contributed by atoms with Crippen molar-refractivity contribution in [3.8, 4) is 11.1 Å². The largest absolute Gasteiger partial charge is 0.349 e. The highest BCUT2D eigenvalue weighted by atomic mass is 32.2. The van der Waals surface area contributed by atoms with Gasteiger partial charge >= 0.3 is 0 Å². The van der Waals surface area contributed by atoms with Gasteiger partial charge in [-0.2, -0.15) is 16.9 Å². The van der Waals surface area contributed by atoms with Crippen molar-refractivity contribution < 1.29 is 15.0 Å². The molecule has 1 fully saturated rings. The summed E-state index contributed by atoms with van der Waals surface area (Å²) in [6, 6.07) is 10.7. The van der Waals surface area contributed by atoms with E-state index in [9.17, 15) is 15.0 Å². The molecule has 9 nitrogen and oxygen atoms in total. The third-order valence-electron chi connectivity index (χ3n) is 5.61. The van der Waals surface area contributed by atoms with E-state index in [-0.39, 0.29) is 11.6 Å². The Balaban J connectivity index is 1.46. The number of nitrogens with one attached hydrogen (secondary N) is 2. The van der Waals surface area contributed by atoms with Crippen molar-refractivity contribution in [2.75, 3.05) is 29.9 Å². The van der Waals surface area contributed by atoms with Crippen molar-refractivity contribution in [2.45, 2.75) is 5.91 Å². The first-order valence-electron chi connectivity index (χ1n) is 10.5. The second kappa shape index (κ2) is 8.91. The summed E-state index contributed by atoms with van der Waals surface area (Å²) in [7, 11) is 0. The highest BCUT2D eigenvalue weighted by Gasteiger charge is 2.35. The molecule has 1 aliphatic heterocycles. The molecule has 1 aliphatic rings. The van der Waals surface area contributed by atoms with Crippen LogP contribution in [0.5, 0.6) is 0 Å². The van der Waals surface area contributed by atoms with E-state index in [1.54, 1.807) is 53.5 Å². The van der Waals surface area contributed by atoms with Crippen LogP contribution in [0.4, 0.5) is 5.69 Å². The fraction of sp³-hybridized carbons (Fsp3) is 0.217. The van der Waals surface area contributed by atoms with Crippen molar-refractivity contribution in [2.24, 2.45) is 0 Å². The van der Waals surface area contributed by atoms with Crippen LogP contribution in [-0.4, -0.2) is 65.8 Å². The number of pyridine rings is 2. The van der Waals surface area contributed by atoms with Gasteiger partial charge in [0.2, 0.25) is 0 Å².